The molecule has 19 heavy (non-hydrogen) atoms. The van der Waals surface area contributed by atoms with Gasteiger partial charge in [0, 0.05) is 13.1 Å². The van der Waals surface area contributed by atoms with Crippen molar-refractivity contribution in [2.75, 3.05) is 23.5 Å². The highest BCUT2D eigenvalue weighted by Gasteiger charge is 2.26. The highest BCUT2D eigenvalue weighted by molar-refractivity contribution is 7.90. The molecule has 0 radical (unpaired) electrons. The summed E-state index contributed by atoms with van der Waals surface area (Å²) < 4.78 is 28.5. The fourth-order valence-corrected chi connectivity index (χ4v) is 3.72. The first-order valence-corrected chi connectivity index (χ1v) is 8.03. The molecule has 1 aromatic rings. The Morgan fingerprint density at radius 3 is 2.84 bits per heavy atom. The lowest BCUT2D eigenvalue weighted by atomic mass is 10.0. The van der Waals surface area contributed by atoms with Crippen LogP contribution in [-0.4, -0.2) is 25.8 Å². The summed E-state index contributed by atoms with van der Waals surface area (Å²) in [6, 6.07) is 4.70. The number of hydrogen-bond acceptors (Lipinski definition) is 3. The van der Waals surface area contributed by atoms with Gasteiger partial charge in [-0.3, -0.25) is 4.72 Å². The van der Waals surface area contributed by atoms with Gasteiger partial charge >= 0.3 is 10.2 Å². The highest BCUT2D eigenvalue weighted by Crippen LogP contribution is 2.25. The van der Waals surface area contributed by atoms with E-state index in [9.17, 15) is 8.42 Å². The Labute approximate surface area is 118 Å². The Kier molecular flexibility index (Phi) is 4.23. The lowest BCUT2D eigenvalue weighted by Crippen LogP contribution is -2.42. The number of anilines is 2. The first-order chi connectivity index (χ1) is 8.88. The number of nitrogens with two attached hydrogens (primary N) is 1. The van der Waals surface area contributed by atoms with Crippen molar-refractivity contribution in [1.82, 2.24) is 4.31 Å². The molecule has 1 unspecified atom stereocenters. The summed E-state index contributed by atoms with van der Waals surface area (Å²) >= 11 is 5.88. The van der Waals surface area contributed by atoms with E-state index in [4.69, 9.17) is 17.3 Å². The minimum absolute atomic E-state index is 0.340. The molecular formula is C12H18ClN3O2S. The van der Waals surface area contributed by atoms with Crippen LogP contribution in [0.2, 0.25) is 5.02 Å². The van der Waals surface area contributed by atoms with Gasteiger partial charge in [-0.25, -0.2) is 0 Å². The van der Waals surface area contributed by atoms with Gasteiger partial charge in [-0.15, -0.1) is 0 Å². The standard InChI is InChI=1S/C12H18ClN3O2S/c1-9-3-2-6-16(8-9)19(17,18)15-10-4-5-12(14)11(13)7-10/h4-5,7,9,15H,2-3,6,8,14H2,1H3. The Balaban J connectivity index is 2.14. The van der Waals surface area contributed by atoms with Gasteiger partial charge in [-0.1, -0.05) is 18.5 Å². The van der Waals surface area contributed by atoms with E-state index in [-0.39, 0.29) is 0 Å². The van der Waals surface area contributed by atoms with E-state index in [1.54, 1.807) is 12.1 Å². The zero-order valence-electron chi connectivity index (χ0n) is 10.8. The zero-order valence-corrected chi connectivity index (χ0v) is 12.3. The van der Waals surface area contributed by atoms with Gasteiger partial charge in [-0.05, 0) is 37.0 Å². The lowest BCUT2D eigenvalue weighted by Gasteiger charge is -2.30. The van der Waals surface area contributed by atoms with Crippen molar-refractivity contribution in [2.45, 2.75) is 19.8 Å². The summed E-state index contributed by atoms with van der Waals surface area (Å²) in [4.78, 5) is 0. The van der Waals surface area contributed by atoms with Crippen LogP contribution >= 0.6 is 11.6 Å². The molecule has 1 fully saturated rings. The summed E-state index contributed by atoms with van der Waals surface area (Å²) in [7, 11) is -3.52. The molecule has 0 aromatic heterocycles. The van der Waals surface area contributed by atoms with Crippen molar-refractivity contribution in [2.24, 2.45) is 5.92 Å². The Bertz CT molecular complexity index is 562. The molecule has 2 rings (SSSR count). The molecule has 0 saturated carbocycles. The second kappa shape index (κ2) is 5.56. The molecule has 1 heterocycles. The van der Waals surface area contributed by atoms with E-state index in [1.807, 2.05) is 0 Å². The third-order valence-electron chi connectivity index (χ3n) is 3.21. The van der Waals surface area contributed by atoms with Crippen LogP contribution in [0.3, 0.4) is 0 Å². The van der Waals surface area contributed by atoms with Crippen LogP contribution in [0.5, 0.6) is 0 Å². The van der Waals surface area contributed by atoms with Crippen molar-refractivity contribution in [1.29, 1.82) is 0 Å². The van der Waals surface area contributed by atoms with Gasteiger partial charge in [-0.2, -0.15) is 12.7 Å². The van der Waals surface area contributed by atoms with Crippen LogP contribution in [0.25, 0.3) is 0 Å². The van der Waals surface area contributed by atoms with Crippen molar-refractivity contribution in [3.63, 3.8) is 0 Å². The van der Waals surface area contributed by atoms with Crippen molar-refractivity contribution in [3.8, 4) is 0 Å². The number of rotatable bonds is 3. The molecule has 1 aliphatic rings. The molecule has 0 amide bonds. The molecule has 1 saturated heterocycles. The SMILES string of the molecule is CC1CCCN(S(=O)(=O)Nc2ccc(N)c(Cl)c2)C1. The van der Waals surface area contributed by atoms with Crippen LogP contribution in [0, 0.1) is 5.92 Å². The molecule has 1 aromatic carbocycles. The van der Waals surface area contributed by atoms with Gasteiger partial charge in [0.15, 0.2) is 0 Å². The Morgan fingerprint density at radius 1 is 1.47 bits per heavy atom. The predicted octanol–water partition coefficient (Wildman–Crippen LogP) is 2.31. The van der Waals surface area contributed by atoms with Gasteiger partial charge in [0.25, 0.3) is 0 Å². The maximum absolute atomic E-state index is 12.2. The van der Waals surface area contributed by atoms with Crippen molar-refractivity contribution in [3.05, 3.63) is 23.2 Å². The van der Waals surface area contributed by atoms with Crippen LogP contribution in [0.1, 0.15) is 19.8 Å². The van der Waals surface area contributed by atoms with Crippen molar-refractivity contribution < 1.29 is 8.42 Å². The molecule has 0 aliphatic carbocycles. The topological polar surface area (TPSA) is 75.4 Å². The first kappa shape index (κ1) is 14.4. The highest BCUT2D eigenvalue weighted by atomic mass is 35.5. The first-order valence-electron chi connectivity index (χ1n) is 6.21. The fourth-order valence-electron chi connectivity index (χ4n) is 2.17. The Hall–Kier alpha value is -0.980. The molecule has 1 aliphatic heterocycles. The summed E-state index contributed by atoms with van der Waals surface area (Å²) in [6.45, 7) is 3.17. The van der Waals surface area contributed by atoms with Crippen LogP contribution in [0.4, 0.5) is 11.4 Å². The van der Waals surface area contributed by atoms with E-state index in [1.165, 1.54) is 10.4 Å². The molecule has 3 N–H and O–H groups in total. The number of benzene rings is 1. The summed E-state index contributed by atoms with van der Waals surface area (Å²) in [5.41, 5.74) is 6.45. The number of piperidine rings is 1. The van der Waals surface area contributed by atoms with Gasteiger partial charge in [0.2, 0.25) is 0 Å². The minimum Gasteiger partial charge on any atom is -0.398 e. The monoisotopic (exact) mass is 303 g/mol. The van der Waals surface area contributed by atoms with Crippen LogP contribution < -0.4 is 10.5 Å². The van der Waals surface area contributed by atoms with E-state index in [0.29, 0.717) is 35.4 Å². The molecule has 5 nitrogen and oxygen atoms in total. The maximum atomic E-state index is 12.2. The van der Waals surface area contributed by atoms with Gasteiger partial charge in [0.1, 0.15) is 0 Å². The number of hydrogen-bond donors (Lipinski definition) is 2. The van der Waals surface area contributed by atoms with E-state index in [0.717, 1.165) is 12.8 Å². The van der Waals surface area contributed by atoms with Gasteiger partial charge in [0.05, 0.1) is 16.4 Å². The Morgan fingerprint density at radius 2 is 2.21 bits per heavy atom. The number of halogens is 1. The predicted molar refractivity (Wildman–Crippen MR) is 78.4 cm³/mol. The third kappa shape index (κ3) is 3.52. The molecular weight excluding hydrogens is 286 g/mol. The minimum atomic E-state index is -3.52. The normalized spacial score (nSPS) is 21.3. The number of nitrogens with zero attached hydrogens (tertiary/aromatic N) is 1. The van der Waals surface area contributed by atoms with Crippen LogP contribution in [0.15, 0.2) is 18.2 Å². The summed E-state index contributed by atoms with van der Waals surface area (Å²) in [5.74, 6) is 0.389. The second-order valence-electron chi connectivity index (χ2n) is 4.95. The summed E-state index contributed by atoms with van der Waals surface area (Å²) in [6.07, 6.45) is 1.96. The fraction of sp³-hybridized carbons (Fsp3) is 0.500. The molecule has 0 spiro atoms. The van der Waals surface area contributed by atoms with E-state index in [2.05, 4.69) is 11.6 Å². The molecule has 7 heteroatoms. The molecule has 106 valence electrons. The average molecular weight is 304 g/mol. The lowest BCUT2D eigenvalue weighted by molar-refractivity contribution is 0.282. The van der Waals surface area contributed by atoms with Crippen LogP contribution in [-0.2, 0) is 10.2 Å². The van der Waals surface area contributed by atoms with Crippen molar-refractivity contribution >= 4 is 33.2 Å². The van der Waals surface area contributed by atoms with Gasteiger partial charge < -0.3 is 5.73 Å². The molecule has 1 atom stereocenters. The second-order valence-corrected chi connectivity index (χ2v) is 7.03. The third-order valence-corrected chi connectivity index (χ3v) is 5.04. The smallest absolute Gasteiger partial charge is 0.301 e. The quantitative estimate of drug-likeness (QED) is 0.841. The number of nitrogen functional groups attached to an aromatic ring is 1. The largest absolute Gasteiger partial charge is 0.398 e. The van der Waals surface area contributed by atoms with E-state index >= 15 is 0 Å². The number of nitrogens with one attached hydrogen (secondary N) is 1. The van der Waals surface area contributed by atoms with E-state index < -0.39 is 10.2 Å². The summed E-state index contributed by atoms with van der Waals surface area (Å²) in [5, 5.41) is 0.340. The maximum Gasteiger partial charge on any atom is 0.301 e. The zero-order chi connectivity index (χ0) is 14.0. The average Bonchev–Trinajstić information content (AvgIpc) is 2.33. The molecule has 0 bridgehead atoms.